The van der Waals surface area contributed by atoms with Gasteiger partial charge in [-0.05, 0) is 0 Å². The molecule has 0 unspecified atom stereocenters. The van der Waals surface area contributed by atoms with Gasteiger partial charge in [-0.3, -0.25) is 0 Å². The topological polar surface area (TPSA) is 0 Å². The van der Waals surface area contributed by atoms with E-state index in [0.717, 1.165) is 0 Å². The van der Waals surface area contributed by atoms with Crippen molar-refractivity contribution in [1.82, 2.24) is 0 Å². The van der Waals surface area contributed by atoms with Gasteiger partial charge >= 0.3 is 27.3 Å². The molecular weight excluding hydrogens is 492 g/mol. The summed E-state index contributed by atoms with van der Waals surface area (Å²) in [6.07, 6.45) is 0. The summed E-state index contributed by atoms with van der Waals surface area (Å²) >= 11 is 34.0. The molecule has 0 aromatic heterocycles. The monoisotopic (exact) mass is 492 g/mol. The van der Waals surface area contributed by atoms with Crippen LogP contribution in [0.3, 0.4) is 0 Å². The van der Waals surface area contributed by atoms with Crippen LogP contribution in [-0.4, -0.2) is 27.3 Å². The summed E-state index contributed by atoms with van der Waals surface area (Å²) in [4.78, 5) is 0. The molecule has 0 bridgehead atoms. The first kappa shape index (κ1) is 14.9. The first-order valence-electron chi connectivity index (χ1n) is 2.63. The Bertz CT molecular complexity index is 231. The van der Waals surface area contributed by atoms with E-state index in [1.54, 1.807) is 0 Å². The van der Waals surface area contributed by atoms with Crippen molar-refractivity contribution in [3.63, 3.8) is 0 Å². The normalized spacial score (nSPS) is 9.69. The van der Waals surface area contributed by atoms with Gasteiger partial charge in [-0.25, -0.2) is 0 Å². The number of halogens is 6. The molecule has 1 rings (SSSR count). The van der Waals surface area contributed by atoms with Crippen molar-refractivity contribution in [1.29, 1.82) is 0 Å². The third-order valence-electron chi connectivity index (χ3n) is 1.16. The molecule has 72 valence electrons. The second-order valence-corrected chi connectivity index (χ2v) is 4.15. The van der Waals surface area contributed by atoms with E-state index in [-0.39, 0.29) is 57.4 Å². The number of benzene rings is 1. The molecule has 1 aromatic rings. The second kappa shape index (κ2) is 5.83. The Morgan fingerprint density at radius 3 is 0.538 bits per heavy atom. The number of hydrogen-bond donors (Lipinski definition) is 0. The van der Waals surface area contributed by atoms with Gasteiger partial charge in [-0.15, -0.1) is 0 Å². The fraction of sp³-hybridized carbons (Fsp3) is 0. The Balaban J connectivity index is 0.00000144. The molecule has 0 fully saturated rings. The molecule has 0 spiro atoms. The molecule has 7 heteroatoms. The van der Waals surface area contributed by atoms with E-state index in [0.29, 0.717) is 0 Å². The van der Waals surface area contributed by atoms with Gasteiger partial charge < -0.3 is 0 Å². The van der Waals surface area contributed by atoms with Crippen LogP contribution in [0, 0.1) is 0 Å². The van der Waals surface area contributed by atoms with Crippen molar-refractivity contribution in [2.24, 2.45) is 0 Å². The summed E-state index contributed by atoms with van der Waals surface area (Å²) in [6.45, 7) is 0. The van der Waals surface area contributed by atoms with Crippen molar-refractivity contribution in [2.75, 3.05) is 0 Å². The van der Waals surface area contributed by atoms with Crippen molar-refractivity contribution in [3.8, 4) is 0 Å². The fourth-order valence-corrected chi connectivity index (χ4v) is 2.00. The Kier molecular flexibility index (Phi) is 6.67. The van der Waals surface area contributed by atoms with Crippen LogP contribution in [0.2, 0.25) is 30.1 Å². The standard InChI is InChI=1S/C6Cl6.Pb.2H/c7-1-2(8)4(10)6(12)5(11)3(1)9;;;. The van der Waals surface area contributed by atoms with E-state index in [9.17, 15) is 0 Å². The molecule has 0 aliphatic carbocycles. The van der Waals surface area contributed by atoms with Crippen LogP contribution < -0.4 is 0 Å². The molecule has 0 amide bonds. The van der Waals surface area contributed by atoms with Crippen molar-refractivity contribution in [3.05, 3.63) is 30.1 Å². The first-order chi connectivity index (χ1) is 5.46. The van der Waals surface area contributed by atoms with E-state index in [2.05, 4.69) is 0 Å². The first-order valence-corrected chi connectivity index (χ1v) is 4.90. The summed E-state index contributed by atoms with van der Waals surface area (Å²) in [5.74, 6) is 0. The second-order valence-electron chi connectivity index (χ2n) is 1.88. The van der Waals surface area contributed by atoms with Crippen molar-refractivity contribution in [2.45, 2.75) is 0 Å². The van der Waals surface area contributed by atoms with E-state index >= 15 is 0 Å². The average molecular weight is 494 g/mol. The summed E-state index contributed by atoms with van der Waals surface area (Å²) in [6, 6.07) is 0. The fourth-order valence-electron chi connectivity index (χ4n) is 0.578. The van der Waals surface area contributed by atoms with E-state index < -0.39 is 0 Å². The van der Waals surface area contributed by atoms with Gasteiger partial charge in [0.25, 0.3) is 0 Å². The third-order valence-corrected chi connectivity index (χ3v) is 4.00. The maximum atomic E-state index is 5.67. The number of hydrogen-bond acceptors (Lipinski definition) is 0. The zero-order valence-corrected chi connectivity index (χ0v) is 16.0. The zero-order valence-electron chi connectivity index (χ0n) is 5.97. The van der Waals surface area contributed by atoms with Gasteiger partial charge in [0.1, 0.15) is 0 Å². The Morgan fingerprint density at radius 2 is 0.462 bits per heavy atom. The molecule has 2 radical (unpaired) electrons. The number of rotatable bonds is 0. The predicted molar refractivity (Wildman–Crippen MR) is 65.0 cm³/mol. The van der Waals surface area contributed by atoms with E-state index in [4.69, 9.17) is 69.6 Å². The zero-order chi connectivity index (χ0) is 9.46. The molecule has 0 aliphatic rings. The van der Waals surface area contributed by atoms with Crippen molar-refractivity contribution >= 4 is 96.9 Å². The van der Waals surface area contributed by atoms with Gasteiger partial charge in [-0.1, -0.05) is 69.6 Å². The average Bonchev–Trinajstić information content (AvgIpc) is 2.08. The molecule has 0 saturated heterocycles. The van der Waals surface area contributed by atoms with Gasteiger partial charge in [0.15, 0.2) is 0 Å². The van der Waals surface area contributed by atoms with Crippen LogP contribution in [0.4, 0.5) is 0 Å². The Hall–Kier alpha value is 1.88. The summed E-state index contributed by atoms with van der Waals surface area (Å²) in [5.41, 5.74) is 0. The van der Waals surface area contributed by atoms with E-state index in [1.807, 2.05) is 0 Å². The SMILES string of the molecule is Clc1c(Cl)c(Cl)c(Cl)c(Cl)c1Cl.[PbH2]. The Morgan fingerprint density at radius 1 is 0.385 bits per heavy atom. The van der Waals surface area contributed by atoms with Crippen molar-refractivity contribution < 1.29 is 0 Å². The predicted octanol–water partition coefficient (Wildman–Crippen LogP) is 4.69. The van der Waals surface area contributed by atoms with Gasteiger partial charge in [0.2, 0.25) is 0 Å². The molecule has 0 saturated carbocycles. The van der Waals surface area contributed by atoms with Crippen LogP contribution in [0.25, 0.3) is 0 Å². The van der Waals surface area contributed by atoms with Gasteiger partial charge in [-0.2, -0.15) is 0 Å². The molecule has 0 nitrogen and oxygen atoms in total. The van der Waals surface area contributed by atoms with Crippen LogP contribution >= 0.6 is 69.6 Å². The summed E-state index contributed by atoms with van der Waals surface area (Å²) < 4.78 is 0. The maximum absolute atomic E-state index is 5.67. The summed E-state index contributed by atoms with van der Waals surface area (Å²) in [5, 5.41) is 0.654. The van der Waals surface area contributed by atoms with Crippen LogP contribution in [0.1, 0.15) is 0 Å². The minimum absolute atomic E-state index is 0. The molecule has 13 heavy (non-hydrogen) atoms. The van der Waals surface area contributed by atoms with Gasteiger partial charge in [0, 0.05) is 0 Å². The van der Waals surface area contributed by atoms with E-state index in [1.165, 1.54) is 0 Å². The third kappa shape index (κ3) is 2.93. The molecule has 0 atom stereocenters. The quantitative estimate of drug-likeness (QED) is 0.279. The van der Waals surface area contributed by atoms with Crippen LogP contribution in [0.5, 0.6) is 0 Å². The molecule has 0 N–H and O–H groups in total. The van der Waals surface area contributed by atoms with Gasteiger partial charge in [0.05, 0.1) is 30.1 Å². The summed E-state index contributed by atoms with van der Waals surface area (Å²) in [7, 11) is 0. The Labute approximate surface area is 126 Å². The van der Waals surface area contributed by atoms with Crippen LogP contribution in [0.15, 0.2) is 0 Å². The minimum atomic E-state index is 0. The molecule has 0 aliphatic heterocycles. The molecule has 0 heterocycles. The molecular formula is C6H2Cl6Pb. The van der Waals surface area contributed by atoms with Crippen LogP contribution in [-0.2, 0) is 0 Å². The molecule has 1 aromatic carbocycles.